The van der Waals surface area contributed by atoms with Crippen molar-refractivity contribution in [1.29, 1.82) is 5.26 Å². The van der Waals surface area contributed by atoms with Gasteiger partial charge in [-0.25, -0.2) is 4.98 Å². The van der Waals surface area contributed by atoms with Gasteiger partial charge in [0.05, 0.1) is 28.2 Å². The Balaban J connectivity index is 1.77. The lowest BCUT2D eigenvalue weighted by Gasteiger charge is -2.40. The fourth-order valence-electron chi connectivity index (χ4n) is 5.24. The van der Waals surface area contributed by atoms with E-state index in [9.17, 15) is 18.4 Å². The highest BCUT2D eigenvalue weighted by Gasteiger charge is 2.34. The van der Waals surface area contributed by atoms with Gasteiger partial charge in [0.1, 0.15) is 5.82 Å². The summed E-state index contributed by atoms with van der Waals surface area (Å²) in [6.07, 6.45) is -0.677. The third-order valence-corrected chi connectivity index (χ3v) is 6.26. The molecule has 0 N–H and O–H groups in total. The smallest absolute Gasteiger partial charge is 0.325 e. The molecule has 162 valence electrons. The minimum Gasteiger partial charge on any atom is -0.325 e. The molecule has 2 aromatic carbocycles. The van der Waals surface area contributed by atoms with Crippen molar-refractivity contribution in [2.45, 2.75) is 58.7 Å². The summed E-state index contributed by atoms with van der Waals surface area (Å²) in [5, 5.41) is 9.28. The van der Waals surface area contributed by atoms with E-state index < -0.39 is 11.7 Å². The molecule has 6 heteroatoms. The lowest BCUT2D eigenvalue weighted by Crippen LogP contribution is -2.30. The Labute approximate surface area is 180 Å². The summed E-state index contributed by atoms with van der Waals surface area (Å²) < 4.78 is 41.1. The fourth-order valence-corrected chi connectivity index (χ4v) is 5.24. The van der Waals surface area contributed by atoms with Crippen molar-refractivity contribution in [3.8, 4) is 6.07 Å². The highest BCUT2D eigenvalue weighted by Crippen LogP contribution is 2.45. The van der Waals surface area contributed by atoms with Gasteiger partial charge in [0, 0.05) is 12.5 Å². The van der Waals surface area contributed by atoms with Gasteiger partial charge < -0.3 is 4.57 Å². The van der Waals surface area contributed by atoms with Crippen molar-refractivity contribution in [3.05, 3.63) is 65.0 Å². The van der Waals surface area contributed by atoms with E-state index >= 15 is 0 Å². The second kappa shape index (κ2) is 7.71. The molecule has 2 unspecified atom stereocenters. The number of hydrogen-bond donors (Lipinski definition) is 0. The zero-order valence-corrected chi connectivity index (χ0v) is 18.0. The second-order valence-corrected chi connectivity index (χ2v) is 9.65. The van der Waals surface area contributed by atoms with E-state index in [-0.39, 0.29) is 11.5 Å². The van der Waals surface area contributed by atoms with Crippen molar-refractivity contribution in [1.82, 2.24) is 9.55 Å². The van der Waals surface area contributed by atoms with Crippen LogP contribution in [0.2, 0.25) is 0 Å². The third-order valence-electron chi connectivity index (χ3n) is 6.26. The molecule has 1 aliphatic carbocycles. The summed E-state index contributed by atoms with van der Waals surface area (Å²) in [6.45, 7) is 6.85. The van der Waals surface area contributed by atoms with Crippen LogP contribution in [0.5, 0.6) is 0 Å². The first-order valence-electron chi connectivity index (χ1n) is 10.6. The zero-order valence-electron chi connectivity index (χ0n) is 18.0. The van der Waals surface area contributed by atoms with Crippen LogP contribution in [0.1, 0.15) is 68.6 Å². The molecular weight excluding hydrogens is 399 g/mol. The molecule has 1 aliphatic rings. The molecule has 1 aromatic heterocycles. The average molecular weight is 425 g/mol. The molecule has 0 radical (unpaired) electrons. The molecule has 2 atom stereocenters. The van der Waals surface area contributed by atoms with Crippen LogP contribution >= 0.6 is 0 Å². The number of fused-ring (bicyclic) bond motifs is 1. The van der Waals surface area contributed by atoms with E-state index in [1.54, 1.807) is 12.1 Å². The monoisotopic (exact) mass is 425 g/mol. The Kier molecular flexibility index (Phi) is 5.33. The number of nitrogens with zero attached hydrogens (tertiary/aromatic N) is 3. The number of rotatable bonds is 3. The van der Waals surface area contributed by atoms with Crippen molar-refractivity contribution in [3.63, 3.8) is 0 Å². The Morgan fingerprint density at radius 1 is 1.13 bits per heavy atom. The standard InChI is InChI=1S/C25H26F3N3/c1-16-10-20(14-24(2,3)13-16)31-22-9-6-18(15-29)11-21(22)30-23(31)12-17-4-7-19(8-5-17)25(26,27)28/h4-9,11,16,20H,10,12-14H2,1-3H3. The van der Waals surface area contributed by atoms with E-state index in [4.69, 9.17) is 4.98 Å². The molecule has 1 saturated carbocycles. The van der Waals surface area contributed by atoms with Crippen LogP contribution in [-0.4, -0.2) is 9.55 Å². The number of hydrogen-bond acceptors (Lipinski definition) is 2. The largest absolute Gasteiger partial charge is 0.416 e. The van der Waals surface area contributed by atoms with E-state index in [0.717, 1.165) is 47.4 Å². The fraction of sp³-hybridized carbons (Fsp3) is 0.440. The number of benzene rings is 2. The van der Waals surface area contributed by atoms with E-state index in [2.05, 4.69) is 31.4 Å². The SMILES string of the molecule is CC1CC(n2c(Cc3ccc(C(F)(F)F)cc3)nc3cc(C#N)ccc32)CC(C)(C)C1. The maximum absolute atomic E-state index is 12.9. The Morgan fingerprint density at radius 3 is 2.45 bits per heavy atom. The zero-order chi connectivity index (χ0) is 22.4. The summed E-state index contributed by atoms with van der Waals surface area (Å²) in [4.78, 5) is 4.83. The highest BCUT2D eigenvalue weighted by atomic mass is 19.4. The molecule has 1 fully saturated rings. The minimum atomic E-state index is -4.34. The Hall–Kier alpha value is -2.81. The Bertz CT molecular complexity index is 1130. The number of imidazole rings is 1. The quantitative estimate of drug-likeness (QED) is 0.458. The maximum Gasteiger partial charge on any atom is 0.416 e. The van der Waals surface area contributed by atoms with Gasteiger partial charge in [0.25, 0.3) is 0 Å². The molecular formula is C25H26F3N3. The molecule has 0 spiro atoms. The van der Waals surface area contributed by atoms with Gasteiger partial charge in [0.15, 0.2) is 0 Å². The first-order chi connectivity index (χ1) is 14.6. The molecule has 0 saturated heterocycles. The van der Waals surface area contributed by atoms with Gasteiger partial charge in [0.2, 0.25) is 0 Å². The van der Waals surface area contributed by atoms with Crippen LogP contribution in [0.4, 0.5) is 13.2 Å². The predicted molar refractivity (Wildman–Crippen MR) is 115 cm³/mol. The van der Waals surface area contributed by atoms with Gasteiger partial charge in [-0.2, -0.15) is 18.4 Å². The van der Waals surface area contributed by atoms with Crippen LogP contribution in [0.3, 0.4) is 0 Å². The first kappa shape index (κ1) is 21.4. The summed E-state index contributed by atoms with van der Waals surface area (Å²) in [7, 11) is 0. The van der Waals surface area contributed by atoms with Gasteiger partial charge >= 0.3 is 6.18 Å². The molecule has 3 nitrogen and oxygen atoms in total. The average Bonchev–Trinajstić information content (AvgIpc) is 3.02. The van der Waals surface area contributed by atoms with Crippen molar-refractivity contribution >= 4 is 11.0 Å². The number of alkyl halides is 3. The van der Waals surface area contributed by atoms with Crippen LogP contribution in [-0.2, 0) is 12.6 Å². The van der Waals surface area contributed by atoms with E-state index in [1.807, 2.05) is 6.07 Å². The van der Waals surface area contributed by atoms with Crippen LogP contribution in [0.25, 0.3) is 11.0 Å². The molecule has 1 heterocycles. The number of aromatic nitrogens is 2. The van der Waals surface area contributed by atoms with Crippen LogP contribution < -0.4 is 0 Å². The van der Waals surface area contributed by atoms with E-state index in [1.165, 1.54) is 18.6 Å². The van der Waals surface area contributed by atoms with Gasteiger partial charge in [-0.1, -0.05) is 32.9 Å². The van der Waals surface area contributed by atoms with Crippen molar-refractivity contribution in [2.24, 2.45) is 11.3 Å². The highest BCUT2D eigenvalue weighted by molar-refractivity contribution is 5.78. The van der Waals surface area contributed by atoms with Crippen LogP contribution in [0.15, 0.2) is 42.5 Å². The molecule has 0 aliphatic heterocycles. The van der Waals surface area contributed by atoms with Gasteiger partial charge in [-0.3, -0.25) is 0 Å². The number of halogens is 3. The topological polar surface area (TPSA) is 41.6 Å². The summed E-state index contributed by atoms with van der Waals surface area (Å²) in [6, 6.07) is 13.3. The number of nitriles is 1. The van der Waals surface area contributed by atoms with Crippen LogP contribution in [0, 0.1) is 22.7 Å². The minimum absolute atomic E-state index is 0.206. The third kappa shape index (κ3) is 4.46. The van der Waals surface area contributed by atoms with Gasteiger partial charge in [-0.05, 0) is 66.5 Å². The molecule has 0 bridgehead atoms. The van der Waals surface area contributed by atoms with Crippen molar-refractivity contribution < 1.29 is 13.2 Å². The molecule has 3 aromatic rings. The van der Waals surface area contributed by atoms with Gasteiger partial charge in [-0.15, -0.1) is 0 Å². The lowest BCUT2D eigenvalue weighted by molar-refractivity contribution is -0.137. The summed E-state index contributed by atoms with van der Waals surface area (Å²) >= 11 is 0. The summed E-state index contributed by atoms with van der Waals surface area (Å²) in [5.74, 6) is 1.41. The van der Waals surface area contributed by atoms with E-state index in [0.29, 0.717) is 17.9 Å². The predicted octanol–water partition coefficient (Wildman–Crippen LogP) is 6.90. The maximum atomic E-state index is 12.9. The van der Waals surface area contributed by atoms with Crippen molar-refractivity contribution in [2.75, 3.05) is 0 Å². The normalized spacial score (nSPS) is 21.2. The Morgan fingerprint density at radius 2 is 1.84 bits per heavy atom. The molecule has 0 amide bonds. The molecule has 4 rings (SSSR count). The summed E-state index contributed by atoms with van der Waals surface area (Å²) in [5.41, 5.74) is 2.64. The second-order valence-electron chi connectivity index (χ2n) is 9.65. The molecule has 31 heavy (non-hydrogen) atoms. The first-order valence-corrected chi connectivity index (χ1v) is 10.6. The lowest BCUT2D eigenvalue weighted by atomic mass is 9.70.